The molecule has 9 heavy (non-hydrogen) atoms. The molecule has 3 heteroatoms. The number of rotatable bonds is 0. The molecular formula is C6H12N2O. The molecule has 3 nitrogen and oxygen atoms in total. The van der Waals surface area contributed by atoms with E-state index in [4.69, 9.17) is 10.6 Å². The fraction of sp³-hybridized carbons (Fsp3) is 0.833. The first kappa shape index (κ1) is 6.55. The number of nitrogens with zero attached hydrogens (tertiary/aromatic N) is 1. The largest absolute Gasteiger partial charge is 0.375 e. The van der Waals surface area contributed by atoms with E-state index in [1.54, 1.807) is 0 Å². The van der Waals surface area contributed by atoms with Gasteiger partial charge in [-0.1, -0.05) is 0 Å². The van der Waals surface area contributed by atoms with Gasteiger partial charge in [-0.2, -0.15) is 5.10 Å². The smallest absolute Gasteiger partial charge is 0.0866 e. The summed E-state index contributed by atoms with van der Waals surface area (Å²) in [6.07, 6.45) is 3.31. The summed E-state index contributed by atoms with van der Waals surface area (Å²) < 4.78 is 5.19. The molecule has 0 amide bonds. The number of nitrogens with two attached hydrogens (primary N) is 1. The Balaban J connectivity index is 2.36. The van der Waals surface area contributed by atoms with Gasteiger partial charge in [0.25, 0.3) is 0 Å². The molecule has 2 N–H and O–H groups in total. The van der Waals surface area contributed by atoms with Crippen LogP contribution in [0.4, 0.5) is 0 Å². The van der Waals surface area contributed by atoms with Crippen LogP contribution in [0, 0.1) is 0 Å². The first-order chi connectivity index (χ1) is 4.43. The van der Waals surface area contributed by atoms with Gasteiger partial charge >= 0.3 is 0 Å². The maximum atomic E-state index is 5.19. The summed E-state index contributed by atoms with van der Waals surface area (Å²) in [5, 5.41) is 3.60. The van der Waals surface area contributed by atoms with E-state index in [9.17, 15) is 0 Å². The fourth-order valence-electron chi connectivity index (χ4n) is 0.897. The van der Waals surface area contributed by atoms with E-state index < -0.39 is 0 Å². The Morgan fingerprint density at radius 3 is 3.11 bits per heavy atom. The van der Waals surface area contributed by atoms with E-state index in [1.807, 2.05) is 0 Å². The van der Waals surface area contributed by atoms with Crippen LogP contribution in [0.15, 0.2) is 5.10 Å². The lowest BCUT2D eigenvalue weighted by Crippen LogP contribution is -2.07. The van der Waals surface area contributed by atoms with Crippen LogP contribution in [-0.4, -0.2) is 18.9 Å². The van der Waals surface area contributed by atoms with Gasteiger partial charge in [-0.25, -0.2) is 0 Å². The topological polar surface area (TPSA) is 47.6 Å². The molecule has 0 spiro atoms. The normalized spacial score (nSPS) is 26.0. The summed E-state index contributed by atoms with van der Waals surface area (Å²) in [5.74, 6) is 5.08. The molecule has 0 radical (unpaired) electrons. The predicted octanol–water partition coefficient (Wildman–Crippen LogP) is 0.502. The van der Waals surface area contributed by atoms with Gasteiger partial charge in [0.2, 0.25) is 0 Å². The molecule has 0 atom stereocenters. The Labute approximate surface area is 54.9 Å². The average molecular weight is 128 g/mol. The van der Waals surface area contributed by atoms with Crippen LogP contribution in [0.1, 0.15) is 19.3 Å². The van der Waals surface area contributed by atoms with Crippen molar-refractivity contribution in [3.63, 3.8) is 0 Å². The van der Waals surface area contributed by atoms with E-state index in [0.29, 0.717) is 6.61 Å². The number of ether oxygens (including phenoxy) is 1. The zero-order valence-corrected chi connectivity index (χ0v) is 5.47. The molecule has 0 aromatic rings. The molecular weight excluding hydrogens is 116 g/mol. The Kier molecular flexibility index (Phi) is 2.51. The van der Waals surface area contributed by atoms with Crippen molar-refractivity contribution in [1.82, 2.24) is 0 Å². The second kappa shape index (κ2) is 3.45. The lowest BCUT2D eigenvalue weighted by molar-refractivity contribution is 0.174. The molecule has 0 saturated carbocycles. The van der Waals surface area contributed by atoms with Crippen molar-refractivity contribution in [2.45, 2.75) is 19.3 Å². The summed E-state index contributed by atoms with van der Waals surface area (Å²) in [5.41, 5.74) is 0.993. The number of hydrogen-bond acceptors (Lipinski definition) is 3. The number of hydrogen-bond donors (Lipinski definition) is 1. The highest BCUT2D eigenvalue weighted by atomic mass is 16.5. The van der Waals surface area contributed by atoms with Crippen molar-refractivity contribution < 1.29 is 4.74 Å². The van der Waals surface area contributed by atoms with Crippen LogP contribution in [0.25, 0.3) is 0 Å². The Morgan fingerprint density at radius 1 is 1.44 bits per heavy atom. The molecule has 0 aromatic heterocycles. The number of hydrazone groups is 1. The Morgan fingerprint density at radius 2 is 2.33 bits per heavy atom. The van der Waals surface area contributed by atoms with E-state index in [2.05, 4.69) is 5.10 Å². The molecule has 0 aromatic carbocycles. The molecule has 52 valence electrons. The predicted molar refractivity (Wildman–Crippen MR) is 36.3 cm³/mol. The van der Waals surface area contributed by atoms with Crippen molar-refractivity contribution in [2.75, 3.05) is 13.2 Å². The monoisotopic (exact) mass is 128 g/mol. The highest BCUT2D eigenvalue weighted by Gasteiger charge is 2.03. The third kappa shape index (κ3) is 2.01. The summed E-state index contributed by atoms with van der Waals surface area (Å²) in [6, 6.07) is 0. The molecule has 1 aliphatic rings. The Hall–Kier alpha value is -0.570. The van der Waals surface area contributed by atoms with Crippen molar-refractivity contribution in [3.05, 3.63) is 0 Å². The van der Waals surface area contributed by atoms with Gasteiger partial charge < -0.3 is 10.6 Å². The maximum absolute atomic E-state index is 5.19. The lowest BCUT2D eigenvalue weighted by Gasteiger charge is -1.96. The minimum Gasteiger partial charge on any atom is -0.375 e. The summed E-state index contributed by atoms with van der Waals surface area (Å²) >= 11 is 0. The van der Waals surface area contributed by atoms with Crippen LogP contribution in [0.5, 0.6) is 0 Å². The summed E-state index contributed by atoms with van der Waals surface area (Å²) in [7, 11) is 0. The van der Waals surface area contributed by atoms with Gasteiger partial charge in [-0.05, 0) is 19.3 Å². The second-order valence-corrected chi connectivity index (χ2v) is 2.21. The van der Waals surface area contributed by atoms with Crippen molar-refractivity contribution >= 4 is 5.71 Å². The van der Waals surface area contributed by atoms with Gasteiger partial charge in [0, 0.05) is 6.61 Å². The SMILES string of the molecule is N/N=C1/CCCCOC1. The molecule has 1 saturated heterocycles. The quantitative estimate of drug-likeness (QED) is 0.381. The van der Waals surface area contributed by atoms with Crippen LogP contribution in [-0.2, 0) is 4.74 Å². The maximum Gasteiger partial charge on any atom is 0.0866 e. The molecule has 1 rings (SSSR count). The fourth-order valence-corrected chi connectivity index (χ4v) is 0.897. The highest BCUT2D eigenvalue weighted by molar-refractivity contribution is 5.85. The minimum absolute atomic E-state index is 0.635. The van der Waals surface area contributed by atoms with Crippen LogP contribution < -0.4 is 5.84 Å². The third-order valence-electron chi connectivity index (χ3n) is 1.46. The van der Waals surface area contributed by atoms with Crippen LogP contribution >= 0.6 is 0 Å². The lowest BCUT2D eigenvalue weighted by atomic mass is 10.2. The van der Waals surface area contributed by atoms with Gasteiger partial charge in [0.1, 0.15) is 0 Å². The van der Waals surface area contributed by atoms with Gasteiger partial charge in [0.05, 0.1) is 12.3 Å². The van der Waals surface area contributed by atoms with E-state index >= 15 is 0 Å². The van der Waals surface area contributed by atoms with E-state index in [-0.39, 0.29) is 0 Å². The molecule has 0 bridgehead atoms. The zero-order chi connectivity index (χ0) is 6.53. The molecule has 1 heterocycles. The zero-order valence-electron chi connectivity index (χ0n) is 5.47. The van der Waals surface area contributed by atoms with Crippen molar-refractivity contribution in [2.24, 2.45) is 10.9 Å². The summed E-state index contributed by atoms with van der Waals surface area (Å²) in [4.78, 5) is 0. The van der Waals surface area contributed by atoms with E-state index in [0.717, 1.165) is 31.6 Å². The van der Waals surface area contributed by atoms with Crippen LogP contribution in [0.3, 0.4) is 0 Å². The third-order valence-corrected chi connectivity index (χ3v) is 1.46. The van der Waals surface area contributed by atoms with Gasteiger partial charge in [0.15, 0.2) is 0 Å². The first-order valence-corrected chi connectivity index (χ1v) is 3.27. The molecule has 1 aliphatic heterocycles. The molecule has 0 aliphatic carbocycles. The average Bonchev–Trinajstić information content (AvgIpc) is 2.13. The highest BCUT2D eigenvalue weighted by Crippen LogP contribution is 2.03. The minimum atomic E-state index is 0.635. The van der Waals surface area contributed by atoms with Gasteiger partial charge in [-0.3, -0.25) is 0 Å². The Bertz CT molecular complexity index is 102. The van der Waals surface area contributed by atoms with Crippen molar-refractivity contribution in [3.8, 4) is 0 Å². The van der Waals surface area contributed by atoms with Crippen LogP contribution in [0.2, 0.25) is 0 Å². The van der Waals surface area contributed by atoms with Gasteiger partial charge in [-0.15, -0.1) is 0 Å². The van der Waals surface area contributed by atoms with E-state index in [1.165, 1.54) is 0 Å². The molecule has 1 fully saturated rings. The first-order valence-electron chi connectivity index (χ1n) is 3.27. The molecule has 0 unspecified atom stereocenters. The van der Waals surface area contributed by atoms with Crippen molar-refractivity contribution in [1.29, 1.82) is 0 Å². The standard InChI is InChI=1S/C6H12N2O/c7-8-6-3-1-2-4-9-5-6/h1-5,7H2/b8-6-. The summed E-state index contributed by atoms with van der Waals surface area (Å²) in [6.45, 7) is 1.50. The second-order valence-electron chi connectivity index (χ2n) is 2.21.